The molecule has 1 saturated heterocycles. The second kappa shape index (κ2) is 5.90. The summed E-state index contributed by atoms with van der Waals surface area (Å²) in [5, 5.41) is 0. The molecule has 1 aromatic heterocycles. The van der Waals surface area contributed by atoms with Gasteiger partial charge in [0.1, 0.15) is 18.0 Å². The Labute approximate surface area is 125 Å². The van der Waals surface area contributed by atoms with Crippen LogP contribution in [0.15, 0.2) is 24.5 Å². The number of fused-ring (bicyclic) bond motifs is 1. The third kappa shape index (κ3) is 2.90. The molecule has 0 bridgehead atoms. The first-order valence-corrected chi connectivity index (χ1v) is 8.90. The fourth-order valence-corrected chi connectivity index (χ4v) is 4.43. The first-order chi connectivity index (χ1) is 10.1. The molecule has 1 saturated carbocycles. The summed E-state index contributed by atoms with van der Waals surface area (Å²) >= 11 is 0. The van der Waals surface area contributed by atoms with Gasteiger partial charge in [-0.15, -0.1) is 0 Å². The highest BCUT2D eigenvalue weighted by Crippen LogP contribution is 2.34. The van der Waals surface area contributed by atoms with Gasteiger partial charge in [-0.05, 0) is 31.9 Å². The van der Waals surface area contributed by atoms with Crippen molar-refractivity contribution in [2.45, 2.75) is 38.0 Å². The molecule has 0 spiro atoms. The molecule has 1 aliphatic carbocycles. The van der Waals surface area contributed by atoms with Crippen LogP contribution in [0.25, 0.3) is 0 Å². The molecular weight excluding hydrogens is 292 g/mol. The number of rotatable bonds is 4. The molecule has 2 heterocycles. The summed E-state index contributed by atoms with van der Waals surface area (Å²) in [5.74, 6) is 0.826. The van der Waals surface area contributed by atoms with Gasteiger partial charge < -0.3 is 9.47 Å². The van der Waals surface area contributed by atoms with Crippen molar-refractivity contribution in [3.63, 3.8) is 0 Å². The third-order valence-electron chi connectivity index (χ3n) is 4.13. The van der Waals surface area contributed by atoms with E-state index in [2.05, 4.69) is 4.98 Å². The smallest absolute Gasteiger partial charge is 0.214 e. The van der Waals surface area contributed by atoms with Crippen LogP contribution in [0.3, 0.4) is 0 Å². The summed E-state index contributed by atoms with van der Waals surface area (Å²) in [7, 11) is -3.19. The molecule has 0 radical (unpaired) electrons. The molecule has 116 valence electrons. The maximum Gasteiger partial charge on any atom is 0.214 e. The van der Waals surface area contributed by atoms with Gasteiger partial charge in [-0.25, -0.2) is 8.42 Å². The van der Waals surface area contributed by atoms with Crippen molar-refractivity contribution in [3.05, 3.63) is 24.5 Å². The van der Waals surface area contributed by atoms with Crippen LogP contribution in [0.1, 0.15) is 19.8 Å². The molecule has 0 N–H and O–H groups in total. The Bertz CT molecular complexity index is 578. The normalized spacial score (nSPS) is 30.0. The van der Waals surface area contributed by atoms with Crippen LogP contribution in [0.4, 0.5) is 0 Å². The van der Waals surface area contributed by atoms with E-state index in [1.807, 2.05) is 12.1 Å². The van der Waals surface area contributed by atoms with Gasteiger partial charge >= 0.3 is 0 Å². The first kappa shape index (κ1) is 14.7. The van der Waals surface area contributed by atoms with Gasteiger partial charge in [0.25, 0.3) is 0 Å². The fraction of sp³-hybridized carbons (Fsp3) is 0.643. The van der Waals surface area contributed by atoms with Gasteiger partial charge in [0.05, 0.1) is 24.6 Å². The molecular formula is C14H20N2O4S. The second-order valence-electron chi connectivity index (χ2n) is 5.34. The van der Waals surface area contributed by atoms with Crippen molar-refractivity contribution in [1.82, 2.24) is 9.29 Å². The quantitative estimate of drug-likeness (QED) is 0.831. The van der Waals surface area contributed by atoms with Crippen molar-refractivity contribution < 1.29 is 17.9 Å². The number of morpholine rings is 1. The summed E-state index contributed by atoms with van der Waals surface area (Å²) in [4.78, 5) is 4.03. The van der Waals surface area contributed by atoms with E-state index in [1.54, 1.807) is 23.6 Å². The van der Waals surface area contributed by atoms with Gasteiger partial charge in [-0.2, -0.15) is 4.31 Å². The zero-order valence-electron chi connectivity index (χ0n) is 12.0. The van der Waals surface area contributed by atoms with Crippen LogP contribution in [0.2, 0.25) is 0 Å². The molecule has 7 heteroatoms. The molecule has 1 aliphatic heterocycles. The van der Waals surface area contributed by atoms with Gasteiger partial charge in [0, 0.05) is 12.7 Å². The summed E-state index contributed by atoms with van der Waals surface area (Å²) in [6.07, 6.45) is 4.61. The van der Waals surface area contributed by atoms with Crippen LogP contribution >= 0.6 is 0 Å². The van der Waals surface area contributed by atoms with E-state index < -0.39 is 10.0 Å². The Morgan fingerprint density at radius 2 is 2.33 bits per heavy atom. The van der Waals surface area contributed by atoms with Gasteiger partial charge in [-0.3, -0.25) is 4.98 Å². The first-order valence-electron chi connectivity index (χ1n) is 7.29. The van der Waals surface area contributed by atoms with Crippen LogP contribution in [0, 0.1) is 0 Å². The fourth-order valence-electron chi connectivity index (χ4n) is 3.11. The molecule has 3 rings (SSSR count). The average molecular weight is 312 g/mol. The topological polar surface area (TPSA) is 68.7 Å². The second-order valence-corrected chi connectivity index (χ2v) is 7.55. The number of aromatic nitrogens is 1. The monoisotopic (exact) mass is 312 g/mol. The summed E-state index contributed by atoms with van der Waals surface area (Å²) < 4.78 is 37.7. The number of ether oxygens (including phenoxy) is 2. The Kier molecular flexibility index (Phi) is 4.14. The predicted octanol–water partition coefficient (Wildman–Crippen LogP) is 1.04. The van der Waals surface area contributed by atoms with Gasteiger partial charge in [0.2, 0.25) is 10.0 Å². The van der Waals surface area contributed by atoms with Crippen molar-refractivity contribution in [2.75, 3.05) is 18.9 Å². The van der Waals surface area contributed by atoms with Crippen molar-refractivity contribution >= 4 is 10.0 Å². The molecule has 0 unspecified atom stereocenters. The maximum atomic E-state index is 12.2. The maximum absolute atomic E-state index is 12.2. The average Bonchev–Trinajstić information content (AvgIpc) is 2.91. The molecule has 3 atom stereocenters. The Balaban J connectivity index is 1.75. The Morgan fingerprint density at radius 3 is 3.05 bits per heavy atom. The van der Waals surface area contributed by atoms with E-state index >= 15 is 0 Å². The minimum atomic E-state index is -3.19. The Morgan fingerprint density at radius 1 is 1.48 bits per heavy atom. The van der Waals surface area contributed by atoms with Crippen molar-refractivity contribution in [1.29, 1.82) is 0 Å². The number of hydrogen-bond donors (Lipinski definition) is 0. The highest BCUT2D eigenvalue weighted by molar-refractivity contribution is 7.89. The molecule has 2 fully saturated rings. The van der Waals surface area contributed by atoms with E-state index in [9.17, 15) is 8.42 Å². The lowest BCUT2D eigenvalue weighted by atomic mass is 10.1. The predicted molar refractivity (Wildman–Crippen MR) is 77.6 cm³/mol. The highest BCUT2D eigenvalue weighted by Gasteiger charge is 2.47. The highest BCUT2D eigenvalue weighted by atomic mass is 32.2. The number of hydrogen-bond acceptors (Lipinski definition) is 5. The molecule has 2 aliphatic rings. The number of pyridine rings is 1. The van der Waals surface area contributed by atoms with Crippen LogP contribution in [-0.4, -0.2) is 54.9 Å². The lowest BCUT2D eigenvalue weighted by molar-refractivity contribution is -0.0660. The largest absolute Gasteiger partial charge is 0.486 e. The zero-order chi connectivity index (χ0) is 14.9. The minimum Gasteiger partial charge on any atom is -0.486 e. The Hall–Kier alpha value is -1.18. The molecule has 0 aromatic carbocycles. The zero-order valence-corrected chi connectivity index (χ0v) is 12.8. The molecule has 0 amide bonds. The summed E-state index contributed by atoms with van der Waals surface area (Å²) in [5.41, 5.74) is 0. The van der Waals surface area contributed by atoms with E-state index in [1.165, 1.54) is 0 Å². The molecule has 21 heavy (non-hydrogen) atoms. The van der Waals surface area contributed by atoms with Gasteiger partial charge in [0.15, 0.2) is 0 Å². The minimum absolute atomic E-state index is 0.106. The van der Waals surface area contributed by atoms with E-state index in [4.69, 9.17) is 9.47 Å². The molecule has 1 aromatic rings. The lowest BCUT2D eigenvalue weighted by Gasteiger charge is -2.37. The van der Waals surface area contributed by atoms with E-state index in [0.717, 1.165) is 12.8 Å². The summed E-state index contributed by atoms with van der Waals surface area (Å²) in [6, 6.07) is 3.56. The van der Waals surface area contributed by atoms with Crippen LogP contribution in [-0.2, 0) is 14.8 Å². The number of nitrogens with zero attached hydrogens (tertiary/aromatic N) is 2. The van der Waals surface area contributed by atoms with Gasteiger partial charge in [-0.1, -0.05) is 0 Å². The number of sulfonamides is 1. The SMILES string of the molecule is CCS(=O)(=O)N1CCO[C@H]2[C@@H](Oc3cccnc3)CC[C@@H]21. The van der Waals surface area contributed by atoms with Crippen LogP contribution < -0.4 is 4.74 Å². The van der Waals surface area contributed by atoms with Crippen molar-refractivity contribution in [3.8, 4) is 5.75 Å². The third-order valence-corrected chi connectivity index (χ3v) is 6.03. The summed E-state index contributed by atoms with van der Waals surface area (Å²) in [6.45, 7) is 2.54. The van der Waals surface area contributed by atoms with Crippen LogP contribution in [0.5, 0.6) is 5.75 Å². The van der Waals surface area contributed by atoms with E-state index in [-0.39, 0.29) is 24.0 Å². The lowest BCUT2D eigenvalue weighted by Crippen LogP contribution is -2.54. The van der Waals surface area contributed by atoms with Crippen molar-refractivity contribution in [2.24, 2.45) is 0 Å². The standard InChI is InChI=1S/C14H20N2O4S/c1-2-21(17,18)16-8-9-19-14-12(16)5-6-13(14)20-11-4-3-7-15-10-11/h3-4,7,10,12-14H,2,5-6,8-9H2,1H3/t12-,13-,14+/m0/s1. The molecule has 6 nitrogen and oxygen atoms in total. The van der Waals surface area contributed by atoms with E-state index in [0.29, 0.717) is 18.9 Å².